The van der Waals surface area contributed by atoms with Gasteiger partial charge in [-0.1, -0.05) is 0 Å². The summed E-state index contributed by atoms with van der Waals surface area (Å²) >= 11 is 0. The van der Waals surface area contributed by atoms with Crippen LogP contribution in [0.5, 0.6) is 11.5 Å². The molecule has 114 valence electrons. The molecule has 0 amide bonds. The smallest absolute Gasteiger partial charge is 0.328 e. The van der Waals surface area contributed by atoms with Gasteiger partial charge in [-0.15, -0.1) is 0 Å². The molecule has 0 radical (unpaired) electrons. The molecule has 3 rings (SSSR count). The Morgan fingerprint density at radius 3 is 2.86 bits per heavy atom. The van der Waals surface area contributed by atoms with E-state index in [0.717, 1.165) is 29.4 Å². The number of rotatable bonds is 3. The molecular weight excluding hydrogens is 284 g/mol. The average molecular weight is 300 g/mol. The second-order valence-corrected chi connectivity index (χ2v) is 4.99. The Morgan fingerprint density at radius 2 is 2.09 bits per heavy atom. The fourth-order valence-corrected chi connectivity index (χ4v) is 2.32. The maximum atomic E-state index is 10.7. The Hall–Kier alpha value is -2.76. The van der Waals surface area contributed by atoms with Gasteiger partial charge < -0.3 is 14.6 Å². The Balaban J connectivity index is 2.01. The van der Waals surface area contributed by atoms with E-state index >= 15 is 0 Å². The van der Waals surface area contributed by atoms with Crippen LogP contribution in [0.4, 0.5) is 0 Å². The first-order valence-electron chi connectivity index (χ1n) is 6.98. The molecule has 0 bridgehead atoms. The lowest BCUT2D eigenvalue weighted by molar-refractivity contribution is -0.131. The molecule has 22 heavy (non-hydrogen) atoms. The number of carboxylic acid groups (broad SMARTS) is 1. The van der Waals surface area contributed by atoms with E-state index in [9.17, 15) is 4.79 Å². The molecular formula is C16H16N2O4. The highest BCUT2D eigenvalue weighted by Crippen LogP contribution is 2.34. The van der Waals surface area contributed by atoms with Gasteiger partial charge in [-0.2, -0.15) is 5.10 Å². The molecule has 1 aromatic carbocycles. The first kappa shape index (κ1) is 14.2. The van der Waals surface area contributed by atoms with Gasteiger partial charge in [0.25, 0.3) is 0 Å². The minimum absolute atomic E-state index is 0.616. The number of benzene rings is 1. The number of aliphatic carboxylic acids is 1. The van der Waals surface area contributed by atoms with Crippen LogP contribution < -0.4 is 9.47 Å². The highest BCUT2D eigenvalue weighted by atomic mass is 16.5. The van der Waals surface area contributed by atoms with Crippen LogP contribution in [0.25, 0.3) is 17.3 Å². The normalized spacial score (nSPS) is 14.0. The van der Waals surface area contributed by atoms with Crippen LogP contribution in [0.3, 0.4) is 0 Å². The summed E-state index contributed by atoms with van der Waals surface area (Å²) in [5.74, 6) is 0.419. The summed E-state index contributed by atoms with van der Waals surface area (Å²) in [7, 11) is 1.80. The lowest BCUT2D eigenvalue weighted by Gasteiger charge is -2.08. The number of aromatic nitrogens is 2. The molecule has 0 fully saturated rings. The standard InChI is InChI=1S/C16H16N2O4/c1-18-10-12(4-6-15(19)20)16(17-18)11-3-5-13-14(9-11)22-8-2-7-21-13/h3-6,9-10H,2,7-8H2,1H3,(H,19,20). The second kappa shape index (κ2) is 5.93. The van der Waals surface area contributed by atoms with Crippen molar-refractivity contribution in [2.45, 2.75) is 6.42 Å². The number of fused-ring (bicyclic) bond motifs is 1. The van der Waals surface area contributed by atoms with Crippen molar-refractivity contribution >= 4 is 12.0 Å². The maximum Gasteiger partial charge on any atom is 0.328 e. The van der Waals surface area contributed by atoms with Crippen LogP contribution >= 0.6 is 0 Å². The van der Waals surface area contributed by atoms with Gasteiger partial charge in [-0.3, -0.25) is 4.68 Å². The Bertz CT molecular complexity index is 734. The van der Waals surface area contributed by atoms with Crippen molar-refractivity contribution in [2.24, 2.45) is 7.05 Å². The summed E-state index contributed by atoms with van der Waals surface area (Å²) < 4.78 is 12.9. The van der Waals surface area contributed by atoms with Crippen LogP contribution in [0.2, 0.25) is 0 Å². The number of carbonyl (C=O) groups is 1. The Labute approximate surface area is 127 Å². The second-order valence-electron chi connectivity index (χ2n) is 4.99. The third kappa shape index (κ3) is 2.95. The molecule has 0 saturated carbocycles. The summed E-state index contributed by atoms with van der Waals surface area (Å²) in [4.78, 5) is 10.7. The first-order valence-corrected chi connectivity index (χ1v) is 6.98. The molecule has 2 aromatic rings. The van der Waals surface area contributed by atoms with Crippen LogP contribution in [0.15, 0.2) is 30.5 Å². The van der Waals surface area contributed by atoms with Crippen molar-refractivity contribution in [1.29, 1.82) is 0 Å². The Morgan fingerprint density at radius 1 is 1.32 bits per heavy atom. The van der Waals surface area contributed by atoms with Crippen LogP contribution in [0, 0.1) is 0 Å². The van der Waals surface area contributed by atoms with Crippen molar-refractivity contribution in [2.75, 3.05) is 13.2 Å². The fourth-order valence-electron chi connectivity index (χ4n) is 2.32. The van der Waals surface area contributed by atoms with E-state index in [-0.39, 0.29) is 0 Å². The van der Waals surface area contributed by atoms with Crippen LogP contribution in [-0.4, -0.2) is 34.1 Å². The third-order valence-electron chi connectivity index (χ3n) is 3.28. The summed E-state index contributed by atoms with van der Waals surface area (Å²) in [6, 6.07) is 5.63. The molecule has 0 atom stereocenters. The van der Waals surface area contributed by atoms with Crippen molar-refractivity contribution in [3.05, 3.63) is 36.0 Å². The van der Waals surface area contributed by atoms with Crippen molar-refractivity contribution in [3.8, 4) is 22.8 Å². The number of carboxylic acids is 1. The summed E-state index contributed by atoms with van der Waals surface area (Å²) in [5.41, 5.74) is 2.30. The predicted octanol–water partition coefficient (Wildman–Crippen LogP) is 2.35. The maximum absolute atomic E-state index is 10.7. The molecule has 0 unspecified atom stereocenters. The first-order chi connectivity index (χ1) is 10.6. The average Bonchev–Trinajstić information content (AvgIpc) is 2.71. The van der Waals surface area contributed by atoms with Crippen LogP contribution in [0.1, 0.15) is 12.0 Å². The molecule has 2 heterocycles. The van der Waals surface area contributed by atoms with E-state index in [1.165, 1.54) is 6.08 Å². The van der Waals surface area contributed by atoms with E-state index in [0.29, 0.717) is 24.7 Å². The monoisotopic (exact) mass is 300 g/mol. The molecule has 0 saturated heterocycles. The molecule has 1 N–H and O–H groups in total. The largest absolute Gasteiger partial charge is 0.490 e. The van der Waals surface area contributed by atoms with Gasteiger partial charge in [0.15, 0.2) is 11.5 Å². The van der Waals surface area contributed by atoms with E-state index in [1.54, 1.807) is 17.9 Å². The van der Waals surface area contributed by atoms with Crippen molar-refractivity contribution in [3.63, 3.8) is 0 Å². The number of aryl methyl sites for hydroxylation is 1. The predicted molar refractivity (Wildman–Crippen MR) is 80.9 cm³/mol. The van der Waals surface area contributed by atoms with E-state index in [1.807, 2.05) is 18.2 Å². The lowest BCUT2D eigenvalue weighted by atomic mass is 10.1. The lowest BCUT2D eigenvalue weighted by Crippen LogP contribution is -1.97. The molecule has 1 aliphatic heterocycles. The van der Waals surface area contributed by atoms with Crippen molar-refractivity contribution in [1.82, 2.24) is 9.78 Å². The van der Waals surface area contributed by atoms with Gasteiger partial charge in [-0.05, 0) is 24.3 Å². The zero-order valence-electron chi connectivity index (χ0n) is 12.2. The topological polar surface area (TPSA) is 73.6 Å². The molecule has 6 nitrogen and oxygen atoms in total. The molecule has 0 aliphatic carbocycles. The van der Waals surface area contributed by atoms with Gasteiger partial charge >= 0.3 is 5.97 Å². The van der Waals surface area contributed by atoms with Gasteiger partial charge in [0.05, 0.1) is 18.9 Å². The number of nitrogens with zero attached hydrogens (tertiary/aromatic N) is 2. The number of hydrogen-bond donors (Lipinski definition) is 1. The van der Waals surface area contributed by atoms with Gasteiger partial charge in [0, 0.05) is 36.9 Å². The zero-order chi connectivity index (χ0) is 15.5. The zero-order valence-corrected chi connectivity index (χ0v) is 12.2. The Kier molecular flexibility index (Phi) is 3.82. The molecule has 0 spiro atoms. The third-order valence-corrected chi connectivity index (χ3v) is 3.28. The minimum Gasteiger partial charge on any atom is -0.490 e. The van der Waals surface area contributed by atoms with E-state index < -0.39 is 5.97 Å². The highest BCUT2D eigenvalue weighted by molar-refractivity contribution is 5.87. The van der Waals surface area contributed by atoms with Gasteiger partial charge in [-0.25, -0.2) is 4.79 Å². The van der Waals surface area contributed by atoms with Crippen molar-refractivity contribution < 1.29 is 19.4 Å². The van der Waals surface area contributed by atoms with Gasteiger partial charge in [0.2, 0.25) is 0 Å². The molecule has 1 aromatic heterocycles. The summed E-state index contributed by atoms with van der Waals surface area (Å²) in [5, 5.41) is 13.2. The quantitative estimate of drug-likeness (QED) is 0.881. The van der Waals surface area contributed by atoms with Gasteiger partial charge in [0.1, 0.15) is 0 Å². The highest BCUT2D eigenvalue weighted by Gasteiger charge is 2.14. The SMILES string of the molecule is Cn1cc(C=CC(=O)O)c(-c2ccc3c(c2)OCCCO3)n1. The van der Waals surface area contributed by atoms with Crippen LogP contribution in [-0.2, 0) is 11.8 Å². The fraction of sp³-hybridized carbons (Fsp3) is 0.250. The summed E-state index contributed by atoms with van der Waals surface area (Å²) in [6.07, 6.45) is 5.26. The minimum atomic E-state index is -0.992. The summed E-state index contributed by atoms with van der Waals surface area (Å²) in [6.45, 7) is 1.26. The molecule has 6 heteroatoms. The van der Waals surface area contributed by atoms with E-state index in [2.05, 4.69) is 5.10 Å². The molecule has 1 aliphatic rings. The number of ether oxygens (including phenoxy) is 2. The number of hydrogen-bond acceptors (Lipinski definition) is 4. The van der Waals surface area contributed by atoms with E-state index in [4.69, 9.17) is 14.6 Å².